The van der Waals surface area contributed by atoms with Gasteiger partial charge in [-0.1, -0.05) is 12.1 Å². The van der Waals surface area contributed by atoms with Crippen molar-refractivity contribution in [2.75, 3.05) is 5.32 Å². The van der Waals surface area contributed by atoms with Crippen molar-refractivity contribution in [3.8, 4) is 11.8 Å². The quantitative estimate of drug-likeness (QED) is 0.404. The minimum Gasteiger partial charge on any atom is -0.363 e. The summed E-state index contributed by atoms with van der Waals surface area (Å²) in [5, 5.41) is 28.4. The van der Waals surface area contributed by atoms with Crippen LogP contribution in [0.5, 0.6) is 0 Å². The van der Waals surface area contributed by atoms with Crippen molar-refractivity contribution in [2.24, 2.45) is 0 Å². The zero-order valence-corrected chi connectivity index (χ0v) is 15.5. The molecule has 0 amide bonds. The summed E-state index contributed by atoms with van der Waals surface area (Å²) in [6, 6.07) is 17.8. The Bertz CT molecular complexity index is 1230. The van der Waals surface area contributed by atoms with Gasteiger partial charge in [-0.15, -0.1) is 0 Å². The van der Waals surface area contributed by atoms with Crippen molar-refractivity contribution in [1.29, 1.82) is 5.26 Å². The van der Waals surface area contributed by atoms with E-state index in [0.717, 1.165) is 11.3 Å². The highest BCUT2D eigenvalue weighted by Crippen LogP contribution is 2.27. The average molecular weight is 384 g/mol. The lowest BCUT2D eigenvalue weighted by molar-refractivity contribution is -0.384. The lowest BCUT2D eigenvalue weighted by atomic mass is 10.1. The van der Waals surface area contributed by atoms with Gasteiger partial charge in [0.1, 0.15) is 5.82 Å². The van der Waals surface area contributed by atoms with Gasteiger partial charge >= 0.3 is 0 Å². The molecule has 2 heterocycles. The number of nitriles is 1. The van der Waals surface area contributed by atoms with Crippen LogP contribution in [0, 0.1) is 21.4 Å². The van der Waals surface area contributed by atoms with Crippen LogP contribution < -0.4 is 5.32 Å². The first-order valence-electron chi connectivity index (χ1n) is 8.91. The third-order valence-electron chi connectivity index (χ3n) is 4.65. The predicted octanol–water partition coefficient (Wildman–Crippen LogP) is 4.37. The van der Waals surface area contributed by atoms with Crippen molar-refractivity contribution in [3.05, 3.63) is 88.2 Å². The van der Waals surface area contributed by atoms with Crippen LogP contribution in [-0.2, 0) is 0 Å². The minimum atomic E-state index is -0.484. The van der Waals surface area contributed by atoms with Gasteiger partial charge in [0.25, 0.3) is 5.69 Å². The number of nitro groups is 1. The molecule has 8 heteroatoms. The first-order chi connectivity index (χ1) is 14.0. The van der Waals surface area contributed by atoms with Crippen LogP contribution in [-0.4, -0.2) is 19.7 Å². The zero-order valence-electron chi connectivity index (χ0n) is 15.5. The van der Waals surface area contributed by atoms with Crippen LogP contribution in [0.15, 0.2) is 67.0 Å². The number of fused-ring (bicyclic) bond motifs is 1. The monoisotopic (exact) mass is 384 g/mol. The zero-order chi connectivity index (χ0) is 20.4. The molecule has 142 valence electrons. The van der Waals surface area contributed by atoms with E-state index in [-0.39, 0.29) is 11.7 Å². The molecule has 1 atom stereocenters. The fourth-order valence-electron chi connectivity index (χ4n) is 3.14. The molecule has 0 saturated heterocycles. The first-order valence-corrected chi connectivity index (χ1v) is 8.91. The molecule has 8 nitrogen and oxygen atoms in total. The number of pyridine rings is 1. The third kappa shape index (κ3) is 3.61. The Kier molecular flexibility index (Phi) is 4.63. The lowest BCUT2D eigenvalue weighted by Crippen LogP contribution is -2.08. The number of nitrogens with one attached hydrogen (secondary N) is 1. The van der Waals surface area contributed by atoms with E-state index in [1.54, 1.807) is 23.0 Å². The van der Waals surface area contributed by atoms with Gasteiger partial charge < -0.3 is 5.32 Å². The van der Waals surface area contributed by atoms with Crippen LogP contribution in [0.25, 0.3) is 16.6 Å². The van der Waals surface area contributed by atoms with E-state index in [0.29, 0.717) is 22.3 Å². The molecule has 0 spiro atoms. The maximum Gasteiger partial charge on any atom is 0.270 e. The topological polar surface area (TPSA) is 110 Å². The molecule has 0 fully saturated rings. The summed E-state index contributed by atoms with van der Waals surface area (Å²) in [5.74, 6) is 0.534. The van der Waals surface area contributed by atoms with Gasteiger partial charge in [-0.05, 0) is 42.8 Å². The number of nitrogens with zero attached hydrogens (tertiary/aromatic N) is 5. The fourth-order valence-corrected chi connectivity index (χ4v) is 3.14. The van der Waals surface area contributed by atoms with Crippen LogP contribution in [0.4, 0.5) is 11.5 Å². The Balaban J connectivity index is 1.61. The second-order valence-electron chi connectivity index (χ2n) is 6.53. The smallest absolute Gasteiger partial charge is 0.270 e. The van der Waals surface area contributed by atoms with E-state index in [9.17, 15) is 15.4 Å². The number of non-ortho nitro benzene ring substituents is 1. The Morgan fingerprint density at radius 1 is 1.21 bits per heavy atom. The van der Waals surface area contributed by atoms with Crippen LogP contribution in [0.1, 0.15) is 24.1 Å². The van der Waals surface area contributed by atoms with Crippen molar-refractivity contribution >= 4 is 22.4 Å². The van der Waals surface area contributed by atoms with Gasteiger partial charge in [-0.3, -0.25) is 10.1 Å². The molecule has 29 heavy (non-hydrogen) atoms. The molecule has 0 bridgehead atoms. The maximum absolute atomic E-state index is 11.0. The number of rotatable bonds is 5. The summed E-state index contributed by atoms with van der Waals surface area (Å²) in [6.45, 7) is 2.00. The van der Waals surface area contributed by atoms with Crippen molar-refractivity contribution in [2.45, 2.75) is 13.0 Å². The molecule has 2 aromatic heterocycles. The summed E-state index contributed by atoms with van der Waals surface area (Å²) < 4.78 is 1.78. The molecule has 1 unspecified atom stereocenters. The average Bonchev–Trinajstić information content (AvgIpc) is 3.27. The summed E-state index contributed by atoms with van der Waals surface area (Å²) in [7, 11) is 0. The number of hydrogen-bond acceptors (Lipinski definition) is 6. The second-order valence-corrected chi connectivity index (χ2v) is 6.53. The summed E-state index contributed by atoms with van der Waals surface area (Å²) >= 11 is 0. The van der Waals surface area contributed by atoms with Gasteiger partial charge in [0, 0.05) is 36.0 Å². The maximum atomic E-state index is 11.0. The first kappa shape index (κ1) is 18.1. The number of anilines is 1. The molecule has 0 saturated carbocycles. The molecular formula is C21H16N6O2. The van der Waals surface area contributed by atoms with E-state index in [2.05, 4.69) is 21.5 Å². The van der Waals surface area contributed by atoms with Crippen LogP contribution >= 0.6 is 0 Å². The van der Waals surface area contributed by atoms with Gasteiger partial charge in [0.2, 0.25) is 0 Å². The van der Waals surface area contributed by atoms with E-state index in [4.69, 9.17) is 0 Å². The van der Waals surface area contributed by atoms with Gasteiger partial charge in [-0.25, -0.2) is 9.67 Å². The molecule has 0 aliphatic carbocycles. The highest BCUT2D eigenvalue weighted by atomic mass is 16.6. The number of aromatic nitrogens is 3. The van der Waals surface area contributed by atoms with Crippen molar-refractivity contribution < 1.29 is 4.92 Å². The SMILES string of the molecule is CC(Nc1cc(C#N)c2cc([N+](=O)[O-])ccc2n1)c1ccc(-n2cccn2)cc1. The normalized spacial score (nSPS) is 11.7. The molecule has 4 rings (SSSR count). The minimum absolute atomic E-state index is 0.0591. The molecule has 2 aromatic carbocycles. The van der Waals surface area contributed by atoms with E-state index < -0.39 is 4.92 Å². The number of benzene rings is 2. The molecule has 4 aromatic rings. The lowest BCUT2D eigenvalue weighted by Gasteiger charge is -2.16. The number of nitro benzene ring substituents is 1. The van der Waals surface area contributed by atoms with Gasteiger partial charge in [-0.2, -0.15) is 10.4 Å². The Labute approximate surface area is 166 Å². The van der Waals surface area contributed by atoms with Gasteiger partial charge in [0.15, 0.2) is 0 Å². The predicted molar refractivity (Wildman–Crippen MR) is 109 cm³/mol. The molecule has 0 aliphatic heterocycles. The Hall–Kier alpha value is -4.25. The molecule has 0 aliphatic rings. The summed E-state index contributed by atoms with van der Waals surface area (Å²) in [6.07, 6.45) is 3.61. The second kappa shape index (κ2) is 7.40. The molecule has 0 radical (unpaired) electrons. The van der Waals surface area contributed by atoms with Gasteiger partial charge in [0.05, 0.1) is 27.8 Å². The van der Waals surface area contributed by atoms with Crippen molar-refractivity contribution in [1.82, 2.24) is 14.8 Å². The highest BCUT2D eigenvalue weighted by molar-refractivity contribution is 5.88. The highest BCUT2D eigenvalue weighted by Gasteiger charge is 2.13. The molecular weight excluding hydrogens is 368 g/mol. The van der Waals surface area contributed by atoms with E-state index in [1.807, 2.05) is 43.5 Å². The van der Waals surface area contributed by atoms with Crippen molar-refractivity contribution in [3.63, 3.8) is 0 Å². The fraction of sp³-hybridized carbons (Fsp3) is 0.0952. The van der Waals surface area contributed by atoms with Crippen LogP contribution in [0.3, 0.4) is 0 Å². The third-order valence-corrected chi connectivity index (χ3v) is 4.65. The summed E-state index contributed by atoms with van der Waals surface area (Å²) in [4.78, 5) is 15.0. The Morgan fingerprint density at radius 2 is 2.00 bits per heavy atom. The standard InChI is InChI=1S/C21H16N6O2/c1-14(15-3-5-17(6-4-15)26-10-2-9-23-26)24-21-11-16(13-22)19-12-18(27(28)29)7-8-20(19)25-21/h2-12,14H,1H3,(H,24,25). The van der Waals surface area contributed by atoms with E-state index >= 15 is 0 Å². The van der Waals surface area contributed by atoms with Crippen LogP contribution in [0.2, 0.25) is 0 Å². The Morgan fingerprint density at radius 3 is 2.66 bits per heavy atom. The summed E-state index contributed by atoms with van der Waals surface area (Å²) in [5.41, 5.74) is 2.80. The largest absolute Gasteiger partial charge is 0.363 e. The number of hydrogen-bond donors (Lipinski definition) is 1. The van der Waals surface area contributed by atoms with E-state index in [1.165, 1.54) is 12.1 Å². The molecule has 1 N–H and O–H groups in total.